The molecule has 1 aromatic carbocycles. The van der Waals surface area contributed by atoms with Crippen molar-refractivity contribution < 1.29 is 10.2 Å². The number of H-pyrrole nitrogens is 1. The molecule has 2 rings (SSSR count). The largest absolute Gasteiger partial charge is 0.504 e. The van der Waals surface area contributed by atoms with Gasteiger partial charge in [0.1, 0.15) is 5.82 Å². The van der Waals surface area contributed by atoms with E-state index in [2.05, 4.69) is 23.8 Å². The van der Waals surface area contributed by atoms with Crippen molar-refractivity contribution in [2.45, 2.75) is 26.7 Å². The lowest BCUT2D eigenvalue weighted by molar-refractivity contribution is 0.404. The molecule has 0 saturated heterocycles. The molecule has 0 fully saturated rings. The number of phenolic OH excluding ortho intramolecular Hbond substituents is 2. The molecule has 4 nitrogen and oxygen atoms in total. The maximum Gasteiger partial charge on any atom is 0.158 e. The third kappa shape index (κ3) is 2.11. The second kappa shape index (κ2) is 4.13. The second-order valence-corrected chi connectivity index (χ2v) is 4.45. The highest BCUT2D eigenvalue weighted by Gasteiger charge is 2.12. The zero-order valence-corrected chi connectivity index (χ0v) is 10.2. The van der Waals surface area contributed by atoms with Crippen molar-refractivity contribution in [1.82, 2.24) is 9.97 Å². The van der Waals surface area contributed by atoms with Crippen LogP contribution in [0.25, 0.3) is 11.3 Å². The van der Waals surface area contributed by atoms with Gasteiger partial charge in [0.2, 0.25) is 0 Å². The fourth-order valence-electron chi connectivity index (χ4n) is 1.71. The van der Waals surface area contributed by atoms with Gasteiger partial charge >= 0.3 is 0 Å². The van der Waals surface area contributed by atoms with Crippen LogP contribution in [-0.4, -0.2) is 20.2 Å². The fourth-order valence-corrected chi connectivity index (χ4v) is 1.71. The van der Waals surface area contributed by atoms with E-state index in [0.717, 1.165) is 22.8 Å². The van der Waals surface area contributed by atoms with E-state index in [1.54, 1.807) is 6.07 Å². The maximum absolute atomic E-state index is 9.48. The molecule has 3 N–H and O–H groups in total. The van der Waals surface area contributed by atoms with E-state index in [9.17, 15) is 10.2 Å². The second-order valence-electron chi connectivity index (χ2n) is 4.45. The summed E-state index contributed by atoms with van der Waals surface area (Å²) in [4.78, 5) is 7.72. The van der Waals surface area contributed by atoms with Crippen molar-refractivity contribution >= 4 is 0 Å². The highest BCUT2D eigenvalue weighted by atomic mass is 16.3. The Bertz CT molecular complexity index is 544. The SMILES string of the molecule is Cc1[nH]c(C(C)C)nc1-c1ccc(O)c(O)c1. The predicted molar refractivity (Wildman–Crippen MR) is 66.2 cm³/mol. The lowest BCUT2D eigenvalue weighted by atomic mass is 10.1. The van der Waals surface area contributed by atoms with Crippen LogP contribution in [0.3, 0.4) is 0 Å². The monoisotopic (exact) mass is 232 g/mol. The average molecular weight is 232 g/mol. The molecule has 1 aromatic heterocycles. The summed E-state index contributed by atoms with van der Waals surface area (Å²) < 4.78 is 0. The minimum atomic E-state index is -0.129. The van der Waals surface area contributed by atoms with Gasteiger partial charge in [0.25, 0.3) is 0 Å². The Balaban J connectivity index is 2.49. The van der Waals surface area contributed by atoms with Crippen molar-refractivity contribution in [3.8, 4) is 22.8 Å². The van der Waals surface area contributed by atoms with E-state index in [0.29, 0.717) is 5.92 Å². The van der Waals surface area contributed by atoms with Crippen molar-refractivity contribution in [3.63, 3.8) is 0 Å². The number of aromatic nitrogens is 2. The molecule has 0 aliphatic heterocycles. The van der Waals surface area contributed by atoms with Gasteiger partial charge in [-0.3, -0.25) is 0 Å². The van der Waals surface area contributed by atoms with Gasteiger partial charge in [0.05, 0.1) is 5.69 Å². The topological polar surface area (TPSA) is 69.1 Å². The Morgan fingerprint density at radius 3 is 2.41 bits per heavy atom. The molecule has 0 bridgehead atoms. The normalized spacial score (nSPS) is 11.1. The zero-order chi connectivity index (χ0) is 12.6. The predicted octanol–water partition coefficient (Wildman–Crippen LogP) is 2.92. The number of nitrogens with zero attached hydrogens (tertiary/aromatic N) is 1. The van der Waals surface area contributed by atoms with Crippen LogP contribution in [-0.2, 0) is 0 Å². The minimum absolute atomic E-state index is 0.119. The van der Waals surface area contributed by atoms with E-state index in [1.807, 2.05) is 6.92 Å². The first kappa shape index (κ1) is 11.5. The Kier molecular flexibility index (Phi) is 2.79. The summed E-state index contributed by atoms with van der Waals surface area (Å²) in [5.74, 6) is 1.00. The Labute approximate surface area is 100.0 Å². The van der Waals surface area contributed by atoms with E-state index in [4.69, 9.17) is 0 Å². The van der Waals surface area contributed by atoms with Crippen LogP contribution in [0.1, 0.15) is 31.3 Å². The number of benzene rings is 1. The number of aromatic amines is 1. The molecule has 0 spiro atoms. The maximum atomic E-state index is 9.48. The molecule has 0 atom stereocenters. The first-order valence-corrected chi connectivity index (χ1v) is 5.58. The molecular formula is C13H16N2O2. The molecule has 1 heterocycles. The molecule has 17 heavy (non-hydrogen) atoms. The summed E-state index contributed by atoms with van der Waals surface area (Å²) in [5.41, 5.74) is 2.56. The molecule has 90 valence electrons. The van der Waals surface area contributed by atoms with Gasteiger partial charge in [0.15, 0.2) is 11.5 Å². The average Bonchev–Trinajstić information content (AvgIpc) is 2.65. The van der Waals surface area contributed by atoms with Gasteiger partial charge in [-0.15, -0.1) is 0 Å². The van der Waals surface area contributed by atoms with Crippen LogP contribution in [0.15, 0.2) is 18.2 Å². The standard InChI is InChI=1S/C13H16N2O2/c1-7(2)13-14-8(3)12(15-13)9-4-5-10(16)11(17)6-9/h4-7,16-17H,1-3H3,(H,14,15). The van der Waals surface area contributed by atoms with Gasteiger partial charge in [-0.2, -0.15) is 0 Å². The molecule has 0 aliphatic carbocycles. The molecule has 0 radical (unpaired) electrons. The molecule has 0 saturated carbocycles. The van der Waals surface area contributed by atoms with Crippen molar-refractivity contribution in [2.75, 3.05) is 0 Å². The fraction of sp³-hybridized carbons (Fsp3) is 0.308. The van der Waals surface area contributed by atoms with Crippen LogP contribution in [0.5, 0.6) is 11.5 Å². The van der Waals surface area contributed by atoms with Crippen LogP contribution in [0.4, 0.5) is 0 Å². The number of phenols is 2. The quantitative estimate of drug-likeness (QED) is 0.697. The Morgan fingerprint density at radius 1 is 1.18 bits per heavy atom. The summed E-state index contributed by atoms with van der Waals surface area (Å²) in [6.07, 6.45) is 0. The van der Waals surface area contributed by atoms with Crippen molar-refractivity contribution in [3.05, 3.63) is 29.7 Å². The minimum Gasteiger partial charge on any atom is -0.504 e. The third-order valence-corrected chi connectivity index (χ3v) is 2.70. The smallest absolute Gasteiger partial charge is 0.158 e. The van der Waals surface area contributed by atoms with Crippen LogP contribution < -0.4 is 0 Å². The number of aromatic hydroxyl groups is 2. The summed E-state index contributed by atoms with van der Waals surface area (Å²) >= 11 is 0. The molecule has 2 aromatic rings. The van der Waals surface area contributed by atoms with Gasteiger partial charge in [0, 0.05) is 17.2 Å². The highest BCUT2D eigenvalue weighted by Crippen LogP contribution is 2.31. The molecule has 4 heteroatoms. The van der Waals surface area contributed by atoms with E-state index < -0.39 is 0 Å². The lowest BCUT2D eigenvalue weighted by Gasteiger charge is -2.01. The Hall–Kier alpha value is -1.97. The number of hydrogen-bond donors (Lipinski definition) is 3. The highest BCUT2D eigenvalue weighted by molar-refractivity contribution is 5.65. The lowest BCUT2D eigenvalue weighted by Crippen LogP contribution is -1.89. The Morgan fingerprint density at radius 2 is 1.88 bits per heavy atom. The summed E-state index contributed by atoms with van der Waals surface area (Å²) in [6, 6.07) is 4.72. The first-order valence-electron chi connectivity index (χ1n) is 5.58. The molecular weight excluding hydrogens is 216 g/mol. The molecule has 0 amide bonds. The van der Waals surface area contributed by atoms with Crippen molar-refractivity contribution in [1.29, 1.82) is 0 Å². The number of nitrogens with one attached hydrogen (secondary N) is 1. The third-order valence-electron chi connectivity index (χ3n) is 2.70. The van der Waals surface area contributed by atoms with Crippen LogP contribution in [0.2, 0.25) is 0 Å². The zero-order valence-electron chi connectivity index (χ0n) is 10.2. The van der Waals surface area contributed by atoms with Crippen LogP contribution >= 0.6 is 0 Å². The number of aryl methyl sites for hydroxylation is 1. The first-order chi connectivity index (χ1) is 7.99. The molecule has 0 unspecified atom stereocenters. The number of hydrogen-bond acceptors (Lipinski definition) is 3. The van der Waals surface area contributed by atoms with E-state index in [-0.39, 0.29) is 11.5 Å². The number of imidazole rings is 1. The van der Waals surface area contributed by atoms with Gasteiger partial charge in [-0.1, -0.05) is 13.8 Å². The summed E-state index contributed by atoms with van der Waals surface area (Å²) in [6.45, 7) is 6.07. The van der Waals surface area contributed by atoms with Gasteiger partial charge in [-0.05, 0) is 25.1 Å². The van der Waals surface area contributed by atoms with Crippen molar-refractivity contribution in [2.24, 2.45) is 0 Å². The number of rotatable bonds is 2. The molecule has 0 aliphatic rings. The van der Waals surface area contributed by atoms with Crippen LogP contribution in [0, 0.1) is 6.92 Å². The van der Waals surface area contributed by atoms with Gasteiger partial charge < -0.3 is 15.2 Å². The van der Waals surface area contributed by atoms with E-state index >= 15 is 0 Å². The van der Waals surface area contributed by atoms with E-state index in [1.165, 1.54) is 12.1 Å². The van der Waals surface area contributed by atoms with Gasteiger partial charge in [-0.25, -0.2) is 4.98 Å². The summed E-state index contributed by atoms with van der Waals surface area (Å²) in [7, 11) is 0. The summed E-state index contributed by atoms with van der Waals surface area (Å²) in [5, 5.41) is 18.8.